The lowest BCUT2D eigenvalue weighted by molar-refractivity contribution is 0.393. The molecular formula is C18H23NO2. The van der Waals surface area contributed by atoms with Gasteiger partial charge in [0.15, 0.2) is 0 Å². The summed E-state index contributed by atoms with van der Waals surface area (Å²) in [6.07, 6.45) is 0.935. The van der Waals surface area contributed by atoms with Crippen molar-refractivity contribution in [2.75, 3.05) is 20.8 Å². The zero-order valence-electron chi connectivity index (χ0n) is 12.9. The number of rotatable bonds is 7. The van der Waals surface area contributed by atoms with E-state index in [1.165, 1.54) is 11.1 Å². The van der Waals surface area contributed by atoms with Crippen molar-refractivity contribution in [1.29, 1.82) is 0 Å². The normalized spacial score (nSPS) is 12.0. The predicted octanol–water partition coefficient (Wildman–Crippen LogP) is 3.60. The van der Waals surface area contributed by atoms with Crippen LogP contribution in [0.5, 0.6) is 11.5 Å². The van der Waals surface area contributed by atoms with Gasteiger partial charge >= 0.3 is 0 Å². The molecule has 0 unspecified atom stereocenters. The fraction of sp³-hybridized carbons (Fsp3) is 0.333. The van der Waals surface area contributed by atoms with Gasteiger partial charge in [-0.25, -0.2) is 0 Å². The third-order valence-electron chi connectivity index (χ3n) is 3.58. The Morgan fingerprint density at radius 1 is 0.952 bits per heavy atom. The molecule has 0 saturated heterocycles. The molecule has 0 heterocycles. The molecule has 0 saturated carbocycles. The molecular weight excluding hydrogens is 262 g/mol. The lowest BCUT2D eigenvalue weighted by Crippen LogP contribution is -2.21. The Morgan fingerprint density at radius 2 is 1.57 bits per heavy atom. The van der Waals surface area contributed by atoms with E-state index in [0.29, 0.717) is 6.04 Å². The van der Waals surface area contributed by atoms with Crippen molar-refractivity contribution in [3.8, 4) is 11.5 Å². The highest BCUT2D eigenvalue weighted by atomic mass is 16.5. The maximum absolute atomic E-state index is 5.29. The van der Waals surface area contributed by atoms with Crippen LogP contribution in [0.1, 0.15) is 24.1 Å². The van der Waals surface area contributed by atoms with E-state index in [4.69, 9.17) is 9.47 Å². The largest absolute Gasteiger partial charge is 0.497 e. The molecule has 0 aliphatic carbocycles. The van der Waals surface area contributed by atoms with E-state index in [1.807, 2.05) is 12.1 Å². The molecule has 3 nitrogen and oxygen atoms in total. The van der Waals surface area contributed by atoms with Crippen LogP contribution in [-0.4, -0.2) is 20.8 Å². The summed E-state index contributed by atoms with van der Waals surface area (Å²) in [7, 11) is 3.35. The number of nitrogens with one attached hydrogen (secondary N) is 1. The van der Waals surface area contributed by atoms with E-state index in [1.54, 1.807) is 14.2 Å². The molecule has 112 valence electrons. The van der Waals surface area contributed by atoms with Crippen molar-refractivity contribution in [3.05, 3.63) is 59.7 Å². The molecule has 0 fully saturated rings. The van der Waals surface area contributed by atoms with Crippen LogP contribution in [0.4, 0.5) is 0 Å². The van der Waals surface area contributed by atoms with Crippen molar-refractivity contribution in [3.63, 3.8) is 0 Å². The average molecular weight is 285 g/mol. The second-order valence-corrected chi connectivity index (χ2v) is 5.06. The van der Waals surface area contributed by atoms with Gasteiger partial charge in [-0.1, -0.05) is 30.3 Å². The number of ether oxygens (including phenoxy) is 2. The van der Waals surface area contributed by atoms with Gasteiger partial charge in [0, 0.05) is 12.1 Å². The van der Waals surface area contributed by atoms with Gasteiger partial charge in [-0.15, -0.1) is 0 Å². The van der Waals surface area contributed by atoms with Crippen LogP contribution in [0, 0.1) is 0 Å². The molecule has 1 atom stereocenters. The Kier molecular flexibility index (Phi) is 5.64. The van der Waals surface area contributed by atoms with Gasteiger partial charge in [0.05, 0.1) is 14.2 Å². The smallest absolute Gasteiger partial charge is 0.122 e. The standard InChI is InChI=1S/C18H23NO2/c1-14(16-7-5-4-6-8-16)19-10-9-15-11-17(20-2)13-18(12-15)21-3/h4-8,11-14,19H,9-10H2,1-3H3/t14-/m1/s1. The highest BCUT2D eigenvalue weighted by molar-refractivity contribution is 5.38. The van der Waals surface area contributed by atoms with Gasteiger partial charge in [-0.3, -0.25) is 0 Å². The fourth-order valence-electron chi connectivity index (χ4n) is 2.30. The van der Waals surface area contributed by atoms with E-state index >= 15 is 0 Å². The zero-order valence-corrected chi connectivity index (χ0v) is 12.9. The maximum atomic E-state index is 5.29. The molecule has 1 N–H and O–H groups in total. The van der Waals surface area contributed by atoms with Crippen LogP contribution >= 0.6 is 0 Å². The van der Waals surface area contributed by atoms with Crippen LogP contribution in [0.15, 0.2) is 48.5 Å². The summed E-state index contributed by atoms with van der Waals surface area (Å²) < 4.78 is 10.6. The highest BCUT2D eigenvalue weighted by Gasteiger charge is 2.05. The summed E-state index contributed by atoms with van der Waals surface area (Å²) in [5, 5.41) is 3.54. The van der Waals surface area contributed by atoms with Gasteiger partial charge in [0.2, 0.25) is 0 Å². The Bertz CT molecular complexity index is 532. The van der Waals surface area contributed by atoms with Crippen LogP contribution in [0.2, 0.25) is 0 Å². The third kappa shape index (κ3) is 4.50. The molecule has 3 heteroatoms. The van der Waals surface area contributed by atoms with Crippen LogP contribution in [0.25, 0.3) is 0 Å². The van der Waals surface area contributed by atoms with Gasteiger partial charge in [-0.05, 0) is 43.1 Å². The van der Waals surface area contributed by atoms with Crippen LogP contribution < -0.4 is 14.8 Å². The minimum Gasteiger partial charge on any atom is -0.497 e. The minimum absolute atomic E-state index is 0.346. The minimum atomic E-state index is 0.346. The van der Waals surface area contributed by atoms with Crippen LogP contribution in [0.3, 0.4) is 0 Å². The van der Waals surface area contributed by atoms with Crippen LogP contribution in [-0.2, 0) is 6.42 Å². The lowest BCUT2D eigenvalue weighted by Gasteiger charge is -2.14. The molecule has 21 heavy (non-hydrogen) atoms. The number of hydrogen-bond donors (Lipinski definition) is 1. The van der Waals surface area contributed by atoms with E-state index < -0.39 is 0 Å². The van der Waals surface area contributed by atoms with Gasteiger partial charge < -0.3 is 14.8 Å². The molecule has 0 aliphatic heterocycles. The molecule has 0 bridgehead atoms. The summed E-state index contributed by atoms with van der Waals surface area (Å²) in [4.78, 5) is 0. The zero-order chi connectivity index (χ0) is 15.1. The second kappa shape index (κ2) is 7.70. The fourth-order valence-corrected chi connectivity index (χ4v) is 2.30. The molecule has 2 aromatic carbocycles. The van der Waals surface area contributed by atoms with Gasteiger partial charge in [-0.2, -0.15) is 0 Å². The van der Waals surface area contributed by atoms with E-state index in [0.717, 1.165) is 24.5 Å². The van der Waals surface area contributed by atoms with Crippen molar-refractivity contribution in [2.24, 2.45) is 0 Å². The summed E-state index contributed by atoms with van der Waals surface area (Å²) in [6.45, 7) is 3.09. The Balaban J connectivity index is 1.91. The summed E-state index contributed by atoms with van der Waals surface area (Å²) in [5.41, 5.74) is 2.51. The van der Waals surface area contributed by atoms with Crippen molar-refractivity contribution >= 4 is 0 Å². The number of methoxy groups -OCH3 is 2. The highest BCUT2D eigenvalue weighted by Crippen LogP contribution is 2.22. The Labute approximate surface area is 126 Å². The summed E-state index contributed by atoms with van der Waals surface area (Å²) >= 11 is 0. The molecule has 0 spiro atoms. The lowest BCUT2D eigenvalue weighted by atomic mass is 10.1. The molecule has 0 aliphatic rings. The second-order valence-electron chi connectivity index (χ2n) is 5.06. The van der Waals surface area contributed by atoms with E-state index in [2.05, 4.69) is 48.6 Å². The van der Waals surface area contributed by atoms with E-state index in [-0.39, 0.29) is 0 Å². The number of benzene rings is 2. The summed E-state index contributed by atoms with van der Waals surface area (Å²) in [5.74, 6) is 1.67. The predicted molar refractivity (Wildman–Crippen MR) is 86.1 cm³/mol. The van der Waals surface area contributed by atoms with Crippen molar-refractivity contribution in [1.82, 2.24) is 5.32 Å². The molecule has 2 rings (SSSR count). The van der Waals surface area contributed by atoms with Gasteiger partial charge in [0.1, 0.15) is 11.5 Å². The summed E-state index contributed by atoms with van der Waals surface area (Å²) in [6, 6.07) is 16.8. The molecule has 0 amide bonds. The van der Waals surface area contributed by atoms with Crippen molar-refractivity contribution in [2.45, 2.75) is 19.4 Å². The third-order valence-corrected chi connectivity index (χ3v) is 3.58. The quantitative estimate of drug-likeness (QED) is 0.843. The number of hydrogen-bond acceptors (Lipinski definition) is 3. The average Bonchev–Trinajstić information content (AvgIpc) is 2.55. The first-order valence-corrected chi connectivity index (χ1v) is 7.23. The SMILES string of the molecule is COc1cc(CCN[C@H](C)c2ccccc2)cc(OC)c1. The molecule has 0 aromatic heterocycles. The topological polar surface area (TPSA) is 30.5 Å². The first-order valence-electron chi connectivity index (χ1n) is 7.23. The van der Waals surface area contributed by atoms with E-state index in [9.17, 15) is 0 Å². The Morgan fingerprint density at radius 3 is 2.14 bits per heavy atom. The maximum Gasteiger partial charge on any atom is 0.122 e. The molecule has 2 aromatic rings. The Hall–Kier alpha value is -2.00. The first kappa shape index (κ1) is 15.4. The molecule has 0 radical (unpaired) electrons. The van der Waals surface area contributed by atoms with Crippen molar-refractivity contribution < 1.29 is 9.47 Å². The first-order chi connectivity index (χ1) is 10.2. The van der Waals surface area contributed by atoms with Gasteiger partial charge in [0.25, 0.3) is 0 Å². The monoisotopic (exact) mass is 285 g/mol.